The highest BCUT2D eigenvalue weighted by Crippen LogP contribution is 2.32. The molecule has 0 unspecified atom stereocenters. The van der Waals surface area contributed by atoms with Gasteiger partial charge in [0.15, 0.2) is 0 Å². The Labute approximate surface area is 107 Å². The van der Waals surface area contributed by atoms with Gasteiger partial charge in [-0.25, -0.2) is 0 Å². The molecule has 0 aliphatic carbocycles. The zero-order chi connectivity index (χ0) is 14.2. The maximum Gasteiger partial charge on any atom is 0.416 e. The zero-order valence-corrected chi connectivity index (χ0v) is 10.2. The average molecular weight is 271 g/mol. The maximum atomic E-state index is 12.7. The highest BCUT2D eigenvalue weighted by molar-refractivity contribution is 5.84. The third-order valence-corrected chi connectivity index (χ3v) is 2.97. The van der Waals surface area contributed by atoms with Crippen LogP contribution in [-0.4, -0.2) is 15.6 Å². The lowest BCUT2D eigenvalue weighted by molar-refractivity contribution is -0.138. The SMILES string of the molecule is CCn1c(CC(=O)O)cc2ccc(C(F)(F)F)cc21. The van der Waals surface area contributed by atoms with Crippen LogP contribution in [0.15, 0.2) is 24.3 Å². The Morgan fingerprint density at radius 2 is 2.00 bits per heavy atom. The second-order valence-corrected chi connectivity index (χ2v) is 4.22. The summed E-state index contributed by atoms with van der Waals surface area (Å²) in [6.45, 7) is 2.19. The van der Waals surface area contributed by atoms with Gasteiger partial charge in [-0.15, -0.1) is 0 Å². The molecule has 3 nitrogen and oxygen atoms in total. The Bertz CT molecular complexity index is 629. The summed E-state index contributed by atoms with van der Waals surface area (Å²) in [6.07, 6.45) is -4.60. The van der Waals surface area contributed by atoms with Crippen molar-refractivity contribution in [2.45, 2.75) is 26.1 Å². The van der Waals surface area contributed by atoms with Crippen molar-refractivity contribution in [1.29, 1.82) is 0 Å². The number of fused-ring (bicyclic) bond motifs is 1. The van der Waals surface area contributed by atoms with Gasteiger partial charge < -0.3 is 9.67 Å². The van der Waals surface area contributed by atoms with Crippen molar-refractivity contribution in [2.75, 3.05) is 0 Å². The fraction of sp³-hybridized carbons (Fsp3) is 0.308. The first kappa shape index (κ1) is 13.5. The molecule has 6 heteroatoms. The largest absolute Gasteiger partial charge is 0.481 e. The molecule has 0 atom stereocenters. The second-order valence-electron chi connectivity index (χ2n) is 4.22. The van der Waals surface area contributed by atoms with Gasteiger partial charge >= 0.3 is 12.1 Å². The molecule has 0 aliphatic heterocycles. The van der Waals surface area contributed by atoms with Crippen LogP contribution in [0.1, 0.15) is 18.2 Å². The average Bonchev–Trinajstić information content (AvgIpc) is 2.62. The van der Waals surface area contributed by atoms with Crippen molar-refractivity contribution in [3.05, 3.63) is 35.5 Å². The van der Waals surface area contributed by atoms with Crippen molar-refractivity contribution >= 4 is 16.9 Å². The number of alkyl halides is 3. The van der Waals surface area contributed by atoms with Crippen LogP contribution >= 0.6 is 0 Å². The number of rotatable bonds is 3. The molecule has 0 spiro atoms. The normalized spacial score (nSPS) is 12.0. The topological polar surface area (TPSA) is 42.2 Å². The van der Waals surface area contributed by atoms with E-state index in [4.69, 9.17) is 5.11 Å². The molecule has 19 heavy (non-hydrogen) atoms. The number of hydrogen-bond donors (Lipinski definition) is 1. The number of carboxylic acids is 1. The predicted octanol–water partition coefficient (Wildman–Crippen LogP) is 3.31. The molecule has 0 amide bonds. The lowest BCUT2D eigenvalue weighted by Crippen LogP contribution is -2.08. The number of hydrogen-bond acceptors (Lipinski definition) is 1. The van der Waals surface area contributed by atoms with Gasteiger partial charge in [-0.05, 0) is 30.5 Å². The Morgan fingerprint density at radius 3 is 2.53 bits per heavy atom. The molecule has 0 fully saturated rings. The summed E-state index contributed by atoms with van der Waals surface area (Å²) >= 11 is 0. The molecular formula is C13H12F3NO2. The summed E-state index contributed by atoms with van der Waals surface area (Å²) in [5.74, 6) is -1.01. The van der Waals surface area contributed by atoms with Crippen LogP contribution < -0.4 is 0 Å². The molecule has 0 saturated carbocycles. The van der Waals surface area contributed by atoms with E-state index in [1.54, 1.807) is 17.6 Å². The monoisotopic (exact) mass is 271 g/mol. The van der Waals surface area contributed by atoms with Gasteiger partial charge in [-0.3, -0.25) is 4.79 Å². The smallest absolute Gasteiger partial charge is 0.416 e. The molecule has 0 radical (unpaired) electrons. The third kappa shape index (κ3) is 2.57. The molecule has 1 N–H and O–H groups in total. The number of halogens is 3. The first-order chi connectivity index (χ1) is 8.82. The third-order valence-electron chi connectivity index (χ3n) is 2.97. The van der Waals surface area contributed by atoms with Crippen molar-refractivity contribution in [1.82, 2.24) is 4.57 Å². The standard InChI is InChI=1S/C13H12F3NO2/c1-2-17-10(7-12(18)19)5-8-3-4-9(6-11(8)17)13(14,15)16/h3-6H,2,7H2,1H3,(H,18,19). The molecule has 1 aromatic carbocycles. The van der Waals surface area contributed by atoms with E-state index in [1.165, 1.54) is 6.07 Å². The summed E-state index contributed by atoms with van der Waals surface area (Å²) in [5, 5.41) is 9.42. The van der Waals surface area contributed by atoms with Crippen LogP contribution in [-0.2, 0) is 23.9 Å². The molecule has 2 aromatic rings. The van der Waals surface area contributed by atoms with Crippen LogP contribution in [0.5, 0.6) is 0 Å². The van der Waals surface area contributed by atoms with Gasteiger partial charge in [0.1, 0.15) is 0 Å². The molecule has 1 heterocycles. The van der Waals surface area contributed by atoms with Gasteiger partial charge in [0.2, 0.25) is 0 Å². The van der Waals surface area contributed by atoms with E-state index in [-0.39, 0.29) is 6.42 Å². The van der Waals surface area contributed by atoms with E-state index in [0.29, 0.717) is 23.1 Å². The molecular weight excluding hydrogens is 259 g/mol. The molecule has 1 aromatic heterocycles. The Hall–Kier alpha value is -1.98. The highest BCUT2D eigenvalue weighted by Gasteiger charge is 2.30. The van der Waals surface area contributed by atoms with E-state index >= 15 is 0 Å². The fourth-order valence-electron chi connectivity index (χ4n) is 2.16. The first-order valence-electron chi connectivity index (χ1n) is 5.74. The lowest BCUT2D eigenvalue weighted by Gasteiger charge is -2.09. The quantitative estimate of drug-likeness (QED) is 0.930. The number of carbonyl (C=O) groups is 1. The molecule has 102 valence electrons. The van der Waals surface area contributed by atoms with Crippen molar-refractivity contribution in [3.8, 4) is 0 Å². The summed E-state index contributed by atoms with van der Waals surface area (Å²) in [6, 6.07) is 5.06. The summed E-state index contributed by atoms with van der Waals surface area (Å²) in [5.41, 5.74) is 0.188. The van der Waals surface area contributed by atoms with Gasteiger partial charge in [-0.2, -0.15) is 13.2 Å². The van der Waals surface area contributed by atoms with Crippen LogP contribution in [0.2, 0.25) is 0 Å². The van der Waals surface area contributed by atoms with Crippen LogP contribution in [0, 0.1) is 0 Å². The maximum absolute atomic E-state index is 12.7. The molecule has 0 bridgehead atoms. The van der Waals surface area contributed by atoms with Crippen molar-refractivity contribution in [3.63, 3.8) is 0 Å². The van der Waals surface area contributed by atoms with Crippen molar-refractivity contribution < 1.29 is 23.1 Å². The number of benzene rings is 1. The minimum Gasteiger partial charge on any atom is -0.481 e. The van der Waals surface area contributed by atoms with E-state index < -0.39 is 17.7 Å². The van der Waals surface area contributed by atoms with E-state index in [0.717, 1.165) is 12.1 Å². The Morgan fingerprint density at radius 1 is 1.32 bits per heavy atom. The van der Waals surface area contributed by atoms with E-state index in [2.05, 4.69) is 0 Å². The zero-order valence-electron chi connectivity index (χ0n) is 10.2. The van der Waals surface area contributed by atoms with Crippen LogP contribution in [0.4, 0.5) is 13.2 Å². The van der Waals surface area contributed by atoms with Crippen LogP contribution in [0.3, 0.4) is 0 Å². The second kappa shape index (κ2) is 4.60. The van der Waals surface area contributed by atoms with E-state index in [1.807, 2.05) is 0 Å². The number of aromatic nitrogens is 1. The number of carboxylic acid groups (broad SMARTS) is 1. The Kier molecular flexibility index (Phi) is 3.26. The molecule has 0 saturated heterocycles. The first-order valence-corrected chi connectivity index (χ1v) is 5.74. The predicted molar refractivity (Wildman–Crippen MR) is 64.0 cm³/mol. The molecule has 0 aliphatic rings. The summed E-state index contributed by atoms with van der Waals surface area (Å²) < 4.78 is 39.6. The van der Waals surface area contributed by atoms with Gasteiger partial charge in [-0.1, -0.05) is 6.07 Å². The minimum absolute atomic E-state index is 0.204. The molecule has 2 rings (SSSR count). The van der Waals surface area contributed by atoms with Crippen molar-refractivity contribution in [2.24, 2.45) is 0 Å². The Balaban J connectivity index is 2.61. The minimum atomic E-state index is -4.40. The van der Waals surface area contributed by atoms with Gasteiger partial charge in [0, 0.05) is 17.8 Å². The van der Waals surface area contributed by atoms with Crippen LogP contribution in [0.25, 0.3) is 10.9 Å². The number of aliphatic carboxylic acids is 1. The van der Waals surface area contributed by atoms with E-state index in [9.17, 15) is 18.0 Å². The fourth-order valence-corrected chi connectivity index (χ4v) is 2.16. The summed E-state index contributed by atoms with van der Waals surface area (Å²) in [4.78, 5) is 10.7. The van der Waals surface area contributed by atoms with Gasteiger partial charge in [0.25, 0.3) is 0 Å². The number of nitrogens with zero attached hydrogens (tertiary/aromatic N) is 1. The lowest BCUT2D eigenvalue weighted by atomic mass is 10.1. The summed E-state index contributed by atoms with van der Waals surface area (Å²) in [7, 11) is 0. The van der Waals surface area contributed by atoms with Gasteiger partial charge in [0.05, 0.1) is 12.0 Å². The number of aryl methyl sites for hydroxylation is 1. The highest BCUT2D eigenvalue weighted by atomic mass is 19.4.